The van der Waals surface area contributed by atoms with E-state index in [0.717, 1.165) is 0 Å². The lowest BCUT2D eigenvalue weighted by atomic mass is 10.0. The minimum Gasteiger partial charge on any atom is -0.491 e. The fourth-order valence-electron chi connectivity index (χ4n) is 4.37. The van der Waals surface area contributed by atoms with E-state index in [1.807, 2.05) is 55.9 Å². The fraction of sp³-hybridized carbons (Fsp3) is 0.464. The second-order valence-electron chi connectivity index (χ2n) is 10.0. The molecular formula is C28H39N5O5. The maximum Gasteiger partial charge on any atom is 0.323 e. The molecule has 3 atom stereocenters. The molecule has 0 fully saturated rings. The Kier molecular flexibility index (Phi) is 10.1. The van der Waals surface area contributed by atoms with Crippen LogP contribution in [0, 0.1) is 5.92 Å². The number of carbonyl (C=O) groups excluding carboxylic acids is 3. The number of para-hydroxylation sites is 1. The molecule has 1 aliphatic rings. The Morgan fingerprint density at radius 3 is 2.39 bits per heavy atom. The van der Waals surface area contributed by atoms with Gasteiger partial charge in [-0.15, -0.1) is 0 Å². The molecule has 1 heterocycles. The van der Waals surface area contributed by atoms with E-state index in [2.05, 4.69) is 10.6 Å². The number of methoxy groups -OCH3 is 1. The van der Waals surface area contributed by atoms with Crippen molar-refractivity contribution >= 4 is 29.2 Å². The number of amides is 4. The molecule has 206 valence electrons. The molecule has 0 saturated heterocycles. The summed E-state index contributed by atoms with van der Waals surface area (Å²) in [5, 5.41) is 5.56. The summed E-state index contributed by atoms with van der Waals surface area (Å²) in [6.07, 6.45) is -0.266. The molecule has 38 heavy (non-hydrogen) atoms. The molecule has 0 radical (unpaired) electrons. The van der Waals surface area contributed by atoms with Gasteiger partial charge in [-0.2, -0.15) is 0 Å². The minimum atomic E-state index is -0.418. The van der Waals surface area contributed by atoms with E-state index in [1.54, 1.807) is 49.4 Å². The number of likely N-dealkylation sites (N-methyl/N-ethyl adjacent to an activating group) is 2. The number of hydrogen-bond acceptors (Lipinski definition) is 6. The Hall–Kier alpha value is -3.63. The number of hydrogen-bond donors (Lipinski definition) is 2. The summed E-state index contributed by atoms with van der Waals surface area (Å²) in [7, 11) is 7.05. The van der Waals surface area contributed by atoms with E-state index < -0.39 is 6.03 Å². The van der Waals surface area contributed by atoms with Crippen LogP contribution in [0.5, 0.6) is 5.75 Å². The third-order valence-corrected chi connectivity index (χ3v) is 6.51. The van der Waals surface area contributed by atoms with Gasteiger partial charge in [-0.25, -0.2) is 4.79 Å². The van der Waals surface area contributed by atoms with Gasteiger partial charge in [-0.05, 0) is 45.3 Å². The van der Waals surface area contributed by atoms with Crippen molar-refractivity contribution in [2.45, 2.75) is 26.0 Å². The minimum absolute atomic E-state index is 0.0116. The summed E-state index contributed by atoms with van der Waals surface area (Å²) in [5.41, 5.74) is 1.49. The van der Waals surface area contributed by atoms with Crippen LogP contribution in [0.2, 0.25) is 0 Å². The Bertz CT molecular complexity index is 1110. The number of anilines is 2. The van der Waals surface area contributed by atoms with Crippen LogP contribution in [0.4, 0.5) is 16.2 Å². The van der Waals surface area contributed by atoms with Crippen molar-refractivity contribution in [3.63, 3.8) is 0 Å². The van der Waals surface area contributed by atoms with Gasteiger partial charge in [0.1, 0.15) is 12.4 Å². The molecule has 0 spiro atoms. The van der Waals surface area contributed by atoms with E-state index in [4.69, 9.17) is 9.47 Å². The Morgan fingerprint density at radius 1 is 1.05 bits per heavy atom. The molecule has 3 rings (SSSR count). The lowest BCUT2D eigenvalue weighted by Crippen LogP contribution is -2.50. The maximum atomic E-state index is 13.4. The average Bonchev–Trinajstić information content (AvgIpc) is 2.87. The van der Waals surface area contributed by atoms with E-state index in [0.29, 0.717) is 35.8 Å². The van der Waals surface area contributed by atoms with Gasteiger partial charge in [-0.1, -0.05) is 25.1 Å². The predicted molar refractivity (Wildman–Crippen MR) is 148 cm³/mol. The monoisotopic (exact) mass is 525 g/mol. The van der Waals surface area contributed by atoms with Crippen LogP contribution in [-0.4, -0.2) is 99.2 Å². The number of benzene rings is 2. The summed E-state index contributed by atoms with van der Waals surface area (Å²) in [6.45, 7) is 5.21. The summed E-state index contributed by atoms with van der Waals surface area (Å²) >= 11 is 0. The van der Waals surface area contributed by atoms with Gasteiger partial charge in [0, 0.05) is 50.6 Å². The standard InChI is InChI=1S/C28H39N5O5/c1-19-15-33(26(34)17-31(3)4)20(2)18-38-24-14-22(30-28(36)29-21-10-8-7-9-11-21)12-13-23(24)27(35)32(5)16-25(19)37-6/h7-14,19-20,25H,15-18H2,1-6H3,(H2,29,30,36)/t19-,20-,25+/m0/s1. The lowest BCUT2D eigenvalue weighted by Gasteiger charge is -2.36. The lowest BCUT2D eigenvalue weighted by molar-refractivity contribution is -0.136. The number of urea groups is 1. The second kappa shape index (κ2) is 13.3. The van der Waals surface area contributed by atoms with Gasteiger partial charge in [-0.3, -0.25) is 9.59 Å². The molecule has 2 N–H and O–H groups in total. The van der Waals surface area contributed by atoms with Crippen molar-refractivity contribution in [2.75, 3.05) is 65.1 Å². The first-order valence-corrected chi connectivity index (χ1v) is 12.7. The number of rotatable bonds is 5. The largest absolute Gasteiger partial charge is 0.491 e. The Morgan fingerprint density at radius 2 is 1.74 bits per heavy atom. The average molecular weight is 526 g/mol. The van der Waals surface area contributed by atoms with Gasteiger partial charge in [0.2, 0.25) is 5.91 Å². The van der Waals surface area contributed by atoms with Crippen molar-refractivity contribution < 1.29 is 23.9 Å². The van der Waals surface area contributed by atoms with Gasteiger partial charge in [0.15, 0.2) is 0 Å². The molecule has 0 aliphatic carbocycles. The first-order valence-electron chi connectivity index (χ1n) is 12.7. The van der Waals surface area contributed by atoms with Gasteiger partial charge in [0.25, 0.3) is 5.91 Å². The Balaban J connectivity index is 1.89. The highest BCUT2D eigenvalue weighted by atomic mass is 16.5. The van der Waals surface area contributed by atoms with Gasteiger partial charge in [0.05, 0.1) is 24.3 Å². The van der Waals surface area contributed by atoms with E-state index in [-0.39, 0.29) is 43.0 Å². The van der Waals surface area contributed by atoms with Crippen LogP contribution in [0.3, 0.4) is 0 Å². The van der Waals surface area contributed by atoms with E-state index in [1.165, 1.54) is 0 Å². The molecular weight excluding hydrogens is 486 g/mol. The van der Waals surface area contributed by atoms with Gasteiger partial charge < -0.3 is 34.8 Å². The zero-order chi connectivity index (χ0) is 27.8. The molecule has 0 bridgehead atoms. The fourth-order valence-corrected chi connectivity index (χ4v) is 4.37. The first-order chi connectivity index (χ1) is 18.1. The van der Waals surface area contributed by atoms with Crippen molar-refractivity contribution in [1.82, 2.24) is 14.7 Å². The zero-order valence-corrected chi connectivity index (χ0v) is 23.1. The van der Waals surface area contributed by atoms with Crippen LogP contribution in [-0.2, 0) is 9.53 Å². The third-order valence-electron chi connectivity index (χ3n) is 6.51. The molecule has 2 aromatic carbocycles. The van der Waals surface area contributed by atoms with Crippen LogP contribution in [0.1, 0.15) is 24.2 Å². The van der Waals surface area contributed by atoms with Crippen molar-refractivity contribution in [1.29, 1.82) is 0 Å². The van der Waals surface area contributed by atoms with Crippen LogP contribution in [0.15, 0.2) is 48.5 Å². The number of ether oxygens (including phenoxy) is 2. The number of carbonyl (C=O) groups is 3. The number of nitrogens with one attached hydrogen (secondary N) is 2. The predicted octanol–water partition coefficient (Wildman–Crippen LogP) is 3.22. The van der Waals surface area contributed by atoms with Crippen molar-refractivity contribution in [2.24, 2.45) is 5.92 Å². The molecule has 0 aromatic heterocycles. The topological polar surface area (TPSA) is 103 Å². The summed E-state index contributed by atoms with van der Waals surface area (Å²) in [5.74, 6) is 0.0806. The molecule has 1 aliphatic heterocycles. The van der Waals surface area contributed by atoms with Crippen LogP contribution >= 0.6 is 0 Å². The smallest absolute Gasteiger partial charge is 0.323 e. The van der Waals surface area contributed by atoms with Crippen molar-refractivity contribution in [3.05, 3.63) is 54.1 Å². The first kappa shape index (κ1) is 28.9. The third kappa shape index (κ3) is 7.69. The number of fused-ring (bicyclic) bond motifs is 1. The molecule has 0 unspecified atom stereocenters. The zero-order valence-electron chi connectivity index (χ0n) is 23.1. The molecule has 2 aromatic rings. The normalized spacial score (nSPS) is 20.6. The molecule has 4 amide bonds. The van der Waals surface area contributed by atoms with Crippen LogP contribution in [0.25, 0.3) is 0 Å². The molecule has 0 saturated carbocycles. The van der Waals surface area contributed by atoms with Crippen LogP contribution < -0.4 is 15.4 Å². The van der Waals surface area contributed by atoms with Crippen molar-refractivity contribution in [3.8, 4) is 5.75 Å². The molecule has 10 heteroatoms. The maximum absolute atomic E-state index is 13.4. The summed E-state index contributed by atoms with van der Waals surface area (Å²) < 4.78 is 11.9. The second-order valence-corrected chi connectivity index (χ2v) is 10.0. The van der Waals surface area contributed by atoms with Gasteiger partial charge >= 0.3 is 6.03 Å². The quantitative estimate of drug-likeness (QED) is 0.621. The highest BCUT2D eigenvalue weighted by Crippen LogP contribution is 2.27. The molecule has 10 nitrogen and oxygen atoms in total. The highest BCUT2D eigenvalue weighted by Gasteiger charge is 2.30. The summed E-state index contributed by atoms with van der Waals surface area (Å²) in [4.78, 5) is 44.3. The summed E-state index contributed by atoms with van der Waals surface area (Å²) in [6, 6.07) is 13.4. The Labute approximate surface area is 224 Å². The van der Waals surface area contributed by atoms with E-state index >= 15 is 0 Å². The van der Waals surface area contributed by atoms with E-state index in [9.17, 15) is 14.4 Å². The number of nitrogens with zero attached hydrogens (tertiary/aromatic N) is 3. The highest BCUT2D eigenvalue weighted by molar-refractivity contribution is 6.01. The SMILES string of the molecule is CO[C@@H]1CN(C)C(=O)c2ccc(NC(=O)Nc3ccccc3)cc2OC[C@H](C)N(C(=O)CN(C)C)C[C@@H]1C.